The van der Waals surface area contributed by atoms with E-state index in [2.05, 4.69) is 16.3 Å². The van der Waals surface area contributed by atoms with Gasteiger partial charge < -0.3 is 5.32 Å². The zero-order valence-electron chi connectivity index (χ0n) is 13.8. The summed E-state index contributed by atoms with van der Waals surface area (Å²) in [6.45, 7) is 3.02. The third-order valence-electron chi connectivity index (χ3n) is 4.19. The number of hydrogen-bond acceptors (Lipinski definition) is 3. The lowest BCUT2D eigenvalue weighted by atomic mass is 10.1. The number of rotatable bonds is 5. The van der Waals surface area contributed by atoms with Gasteiger partial charge in [-0.3, -0.25) is 9.69 Å². The molecule has 0 saturated carbocycles. The molecular formula is C19H20Cl2N2OS. The van der Waals surface area contributed by atoms with Gasteiger partial charge >= 0.3 is 0 Å². The number of thioether (sulfide) groups is 1. The number of benzene rings is 2. The number of amides is 1. The zero-order valence-corrected chi connectivity index (χ0v) is 16.1. The Hall–Kier alpha value is -1.20. The van der Waals surface area contributed by atoms with Crippen LogP contribution in [0.3, 0.4) is 0 Å². The van der Waals surface area contributed by atoms with Crippen molar-refractivity contribution in [3.8, 4) is 0 Å². The summed E-state index contributed by atoms with van der Waals surface area (Å²) in [6, 6.07) is 13.2. The van der Waals surface area contributed by atoms with E-state index in [-0.39, 0.29) is 12.3 Å². The summed E-state index contributed by atoms with van der Waals surface area (Å²) in [4.78, 5) is 14.9. The van der Waals surface area contributed by atoms with Crippen molar-refractivity contribution in [1.82, 2.24) is 4.90 Å². The van der Waals surface area contributed by atoms with E-state index in [1.54, 1.807) is 18.2 Å². The fraction of sp³-hybridized carbons (Fsp3) is 0.316. The van der Waals surface area contributed by atoms with Crippen LogP contribution in [-0.4, -0.2) is 35.4 Å². The van der Waals surface area contributed by atoms with Crippen LogP contribution >= 0.6 is 35.0 Å². The maximum Gasteiger partial charge on any atom is 0.228 e. The lowest BCUT2D eigenvalue weighted by Gasteiger charge is -2.27. The highest BCUT2D eigenvalue weighted by molar-refractivity contribution is 7.99. The minimum Gasteiger partial charge on any atom is -0.325 e. The summed E-state index contributed by atoms with van der Waals surface area (Å²) in [7, 11) is 0. The number of nitrogens with one attached hydrogen (secondary N) is 1. The minimum absolute atomic E-state index is 0.114. The number of halogens is 2. The molecule has 25 heavy (non-hydrogen) atoms. The van der Waals surface area contributed by atoms with Gasteiger partial charge in [0.1, 0.15) is 0 Å². The van der Waals surface area contributed by atoms with Gasteiger partial charge in [-0.1, -0.05) is 47.5 Å². The van der Waals surface area contributed by atoms with E-state index in [9.17, 15) is 4.79 Å². The number of anilines is 1. The fourth-order valence-electron chi connectivity index (χ4n) is 2.84. The highest BCUT2D eigenvalue weighted by Gasteiger charge is 2.15. The summed E-state index contributed by atoms with van der Waals surface area (Å²) in [5.74, 6) is 2.22. The Bertz CT molecular complexity index is 728. The molecule has 0 atom stereocenters. The van der Waals surface area contributed by atoms with Gasteiger partial charge in [0.2, 0.25) is 5.91 Å². The Morgan fingerprint density at radius 3 is 2.44 bits per heavy atom. The predicted octanol–water partition coefficient (Wildman–Crippen LogP) is 4.72. The third-order valence-corrected chi connectivity index (χ3v) is 5.84. The number of hydrogen-bond donors (Lipinski definition) is 1. The van der Waals surface area contributed by atoms with Gasteiger partial charge in [0.25, 0.3) is 0 Å². The van der Waals surface area contributed by atoms with Crippen LogP contribution in [0.5, 0.6) is 0 Å². The van der Waals surface area contributed by atoms with Crippen molar-refractivity contribution in [2.24, 2.45) is 0 Å². The fourth-order valence-corrected chi connectivity index (χ4v) is 4.35. The predicted molar refractivity (Wildman–Crippen MR) is 108 cm³/mol. The van der Waals surface area contributed by atoms with E-state index in [1.165, 1.54) is 11.5 Å². The molecule has 6 heteroatoms. The number of carbonyl (C=O) groups is 1. The van der Waals surface area contributed by atoms with Crippen LogP contribution in [-0.2, 0) is 17.8 Å². The molecule has 1 heterocycles. The molecule has 132 valence electrons. The lowest BCUT2D eigenvalue weighted by molar-refractivity contribution is -0.115. The number of carbonyl (C=O) groups excluding carboxylic acids is 1. The molecule has 0 aliphatic carbocycles. The monoisotopic (exact) mass is 394 g/mol. The quantitative estimate of drug-likeness (QED) is 0.795. The molecule has 2 aromatic carbocycles. The molecule has 0 aromatic heterocycles. The Labute approximate surface area is 162 Å². The second-order valence-electron chi connectivity index (χ2n) is 5.97. The van der Waals surface area contributed by atoms with Gasteiger partial charge in [-0.05, 0) is 29.3 Å². The van der Waals surface area contributed by atoms with Crippen molar-refractivity contribution >= 4 is 46.6 Å². The molecule has 0 bridgehead atoms. The van der Waals surface area contributed by atoms with Gasteiger partial charge in [-0.15, -0.1) is 0 Å². The van der Waals surface area contributed by atoms with Gasteiger partial charge in [-0.2, -0.15) is 11.8 Å². The molecule has 1 aliphatic rings. The standard InChI is InChI=1S/C19H20Cl2N2OS/c20-16-5-3-6-17(21)15(16)12-19(24)22-18-7-2-1-4-14(18)13-23-8-10-25-11-9-23/h1-7H,8-13H2,(H,22,24). The number of para-hydroxylation sites is 1. The van der Waals surface area contributed by atoms with Gasteiger partial charge in [-0.25, -0.2) is 0 Å². The topological polar surface area (TPSA) is 32.3 Å². The van der Waals surface area contributed by atoms with Crippen molar-refractivity contribution < 1.29 is 4.79 Å². The van der Waals surface area contributed by atoms with E-state index >= 15 is 0 Å². The van der Waals surface area contributed by atoms with Crippen LogP contribution in [0.25, 0.3) is 0 Å². The van der Waals surface area contributed by atoms with Crippen LogP contribution in [0.2, 0.25) is 10.0 Å². The van der Waals surface area contributed by atoms with E-state index in [1.807, 2.05) is 30.0 Å². The van der Waals surface area contributed by atoms with E-state index < -0.39 is 0 Å². The second-order valence-corrected chi connectivity index (χ2v) is 8.01. The van der Waals surface area contributed by atoms with Crippen molar-refractivity contribution in [2.75, 3.05) is 29.9 Å². The molecule has 0 radical (unpaired) electrons. The average molecular weight is 395 g/mol. The van der Waals surface area contributed by atoms with Crippen molar-refractivity contribution in [2.45, 2.75) is 13.0 Å². The summed E-state index contributed by atoms with van der Waals surface area (Å²) >= 11 is 14.3. The minimum atomic E-state index is -0.114. The Morgan fingerprint density at radius 1 is 1.04 bits per heavy atom. The van der Waals surface area contributed by atoms with E-state index in [4.69, 9.17) is 23.2 Å². The first-order valence-electron chi connectivity index (χ1n) is 8.24. The van der Waals surface area contributed by atoms with Crippen LogP contribution < -0.4 is 5.32 Å². The highest BCUT2D eigenvalue weighted by atomic mass is 35.5. The molecule has 3 rings (SSSR count). The number of nitrogens with zero attached hydrogens (tertiary/aromatic N) is 1. The van der Waals surface area contributed by atoms with E-state index in [0.29, 0.717) is 15.6 Å². The van der Waals surface area contributed by atoms with Gasteiger partial charge in [0.15, 0.2) is 0 Å². The third kappa shape index (κ3) is 5.14. The van der Waals surface area contributed by atoms with Gasteiger partial charge in [0.05, 0.1) is 6.42 Å². The molecule has 1 N–H and O–H groups in total. The smallest absolute Gasteiger partial charge is 0.228 e. The largest absolute Gasteiger partial charge is 0.325 e. The molecule has 1 aliphatic heterocycles. The maximum absolute atomic E-state index is 12.5. The Balaban J connectivity index is 1.69. The van der Waals surface area contributed by atoms with E-state index in [0.717, 1.165) is 30.9 Å². The molecule has 0 unspecified atom stereocenters. The summed E-state index contributed by atoms with van der Waals surface area (Å²) in [5.41, 5.74) is 2.65. The van der Waals surface area contributed by atoms with Crippen LogP contribution in [0.15, 0.2) is 42.5 Å². The summed E-state index contributed by atoms with van der Waals surface area (Å²) in [6.07, 6.45) is 0.160. The molecule has 1 fully saturated rings. The Kier molecular flexibility index (Phi) is 6.65. The van der Waals surface area contributed by atoms with Gasteiger partial charge in [0, 0.05) is 46.9 Å². The summed E-state index contributed by atoms with van der Waals surface area (Å²) < 4.78 is 0. The molecule has 1 saturated heterocycles. The molecule has 1 amide bonds. The van der Waals surface area contributed by atoms with Crippen molar-refractivity contribution in [1.29, 1.82) is 0 Å². The van der Waals surface area contributed by atoms with Crippen LogP contribution in [0.4, 0.5) is 5.69 Å². The maximum atomic E-state index is 12.5. The molecule has 0 spiro atoms. The first kappa shape index (κ1) is 18.6. The van der Waals surface area contributed by atoms with Crippen molar-refractivity contribution in [3.05, 3.63) is 63.6 Å². The Morgan fingerprint density at radius 2 is 1.72 bits per heavy atom. The van der Waals surface area contributed by atoms with Crippen LogP contribution in [0.1, 0.15) is 11.1 Å². The van der Waals surface area contributed by atoms with Crippen molar-refractivity contribution in [3.63, 3.8) is 0 Å². The summed E-state index contributed by atoms with van der Waals surface area (Å²) in [5, 5.41) is 4.05. The second kappa shape index (κ2) is 8.95. The first-order chi connectivity index (χ1) is 12.1. The first-order valence-corrected chi connectivity index (χ1v) is 10.2. The average Bonchev–Trinajstić information content (AvgIpc) is 2.61. The van der Waals surface area contributed by atoms with Crippen LogP contribution in [0, 0.1) is 0 Å². The highest BCUT2D eigenvalue weighted by Crippen LogP contribution is 2.25. The SMILES string of the molecule is O=C(Cc1c(Cl)cccc1Cl)Nc1ccccc1CN1CCSCC1. The zero-order chi connectivity index (χ0) is 17.6. The normalized spacial score (nSPS) is 15.1. The molecule has 2 aromatic rings. The molecule has 3 nitrogen and oxygen atoms in total. The lowest BCUT2D eigenvalue weighted by Crippen LogP contribution is -2.32. The molecular weight excluding hydrogens is 375 g/mol.